The molecular weight excluding hydrogens is 266 g/mol. The Hall–Kier alpha value is -1.36. The third-order valence-electron chi connectivity index (χ3n) is 3.62. The molecule has 1 rings (SSSR count). The van der Waals surface area contributed by atoms with Gasteiger partial charge in [0.2, 0.25) is 11.8 Å². The van der Waals surface area contributed by atoms with Crippen molar-refractivity contribution in [3.8, 4) is 11.8 Å². The predicted molar refractivity (Wildman–Crippen MR) is 84.7 cm³/mol. The molecule has 0 fully saturated rings. The molecule has 0 spiro atoms. The van der Waals surface area contributed by atoms with Crippen molar-refractivity contribution in [2.45, 2.75) is 64.3 Å². The summed E-state index contributed by atoms with van der Waals surface area (Å²) in [6, 6.07) is -0.131. The Morgan fingerprint density at radius 3 is 2.33 bits per heavy atom. The van der Waals surface area contributed by atoms with Gasteiger partial charge >= 0.3 is 0 Å². The molecule has 1 heterocycles. The van der Waals surface area contributed by atoms with Gasteiger partial charge in [0.05, 0.1) is 26.5 Å². The standard InChI is InChI=1S/C16H29N3O2/c1-4-5-6-7-8-9-10-11-13(17)15-16(21-3)19-14(20-2)12-18-15/h12-13H,4-11,17H2,1-3H3. The zero-order chi connectivity index (χ0) is 15.5. The van der Waals surface area contributed by atoms with Gasteiger partial charge in [0, 0.05) is 0 Å². The maximum Gasteiger partial charge on any atom is 0.240 e. The van der Waals surface area contributed by atoms with Crippen LogP contribution in [-0.4, -0.2) is 24.2 Å². The van der Waals surface area contributed by atoms with E-state index in [2.05, 4.69) is 16.9 Å². The van der Waals surface area contributed by atoms with Crippen LogP contribution in [0.5, 0.6) is 11.8 Å². The first-order valence-electron chi connectivity index (χ1n) is 7.93. The van der Waals surface area contributed by atoms with E-state index in [0.29, 0.717) is 17.5 Å². The molecule has 0 radical (unpaired) electrons. The molecule has 0 saturated heterocycles. The predicted octanol–water partition coefficient (Wildman–Crippen LogP) is 3.63. The molecule has 0 bridgehead atoms. The fourth-order valence-corrected chi connectivity index (χ4v) is 2.33. The number of aromatic nitrogens is 2. The minimum absolute atomic E-state index is 0.131. The average Bonchev–Trinajstić information content (AvgIpc) is 2.53. The second kappa shape index (κ2) is 10.4. The largest absolute Gasteiger partial charge is 0.480 e. The molecule has 1 unspecified atom stereocenters. The maximum absolute atomic E-state index is 6.20. The number of nitrogens with two attached hydrogens (primary N) is 1. The van der Waals surface area contributed by atoms with Gasteiger partial charge in [-0.15, -0.1) is 0 Å². The van der Waals surface area contributed by atoms with Crippen LogP contribution in [0.3, 0.4) is 0 Å². The van der Waals surface area contributed by atoms with Crippen LogP contribution in [0.25, 0.3) is 0 Å². The van der Waals surface area contributed by atoms with Crippen molar-refractivity contribution in [2.75, 3.05) is 14.2 Å². The van der Waals surface area contributed by atoms with Crippen molar-refractivity contribution in [1.29, 1.82) is 0 Å². The number of methoxy groups -OCH3 is 2. The summed E-state index contributed by atoms with van der Waals surface area (Å²) >= 11 is 0. The van der Waals surface area contributed by atoms with Crippen LogP contribution in [-0.2, 0) is 0 Å². The molecule has 21 heavy (non-hydrogen) atoms. The quantitative estimate of drug-likeness (QED) is 0.631. The Kier molecular flexibility index (Phi) is 8.74. The second-order valence-electron chi connectivity index (χ2n) is 5.32. The highest BCUT2D eigenvalue weighted by Gasteiger charge is 2.15. The molecule has 0 saturated carbocycles. The Bertz CT molecular complexity index is 399. The zero-order valence-corrected chi connectivity index (χ0v) is 13.6. The molecule has 0 aliphatic carbocycles. The first kappa shape index (κ1) is 17.7. The second-order valence-corrected chi connectivity index (χ2v) is 5.32. The van der Waals surface area contributed by atoms with E-state index in [1.165, 1.54) is 38.5 Å². The normalized spacial score (nSPS) is 12.2. The molecular formula is C16H29N3O2. The molecule has 0 amide bonds. The van der Waals surface area contributed by atoms with Crippen molar-refractivity contribution < 1.29 is 9.47 Å². The van der Waals surface area contributed by atoms with Crippen LogP contribution >= 0.6 is 0 Å². The molecule has 5 heteroatoms. The lowest BCUT2D eigenvalue weighted by molar-refractivity contribution is 0.352. The lowest BCUT2D eigenvalue weighted by Gasteiger charge is -2.14. The third-order valence-corrected chi connectivity index (χ3v) is 3.62. The van der Waals surface area contributed by atoms with Gasteiger partial charge in [-0.3, -0.25) is 0 Å². The van der Waals surface area contributed by atoms with Crippen molar-refractivity contribution in [2.24, 2.45) is 5.73 Å². The van der Waals surface area contributed by atoms with Crippen LogP contribution in [0.15, 0.2) is 6.20 Å². The molecule has 1 aromatic heterocycles. The zero-order valence-electron chi connectivity index (χ0n) is 13.6. The number of nitrogens with zero attached hydrogens (tertiary/aromatic N) is 2. The van der Waals surface area contributed by atoms with E-state index >= 15 is 0 Å². The van der Waals surface area contributed by atoms with Crippen molar-refractivity contribution in [3.63, 3.8) is 0 Å². The average molecular weight is 295 g/mol. The highest BCUT2D eigenvalue weighted by molar-refractivity contribution is 5.25. The summed E-state index contributed by atoms with van der Waals surface area (Å²) in [5, 5.41) is 0. The monoisotopic (exact) mass is 295 g/mol. The summed E-state index contributed by atoms with van der Waals surface area (Å²) in [7, 11) is 3.13. The number of hydrogen-bond acceptors (Lipinski definition) is 5. The van der Waals surface area contributed by atoms with Crippen LogP contribution in [0.4, 0.5) is 0 Å². The minimum atomic E-state index is -0.131. The number of ether oxygens (including phenoxy) is 2. The van der Waals surface area contributed by atoms with E-state index in [0.717, 1.165) is 12.8 Å². The minimum Gasteiger partial charge on any atom is -0.480 e. The first-order valence-corrected chi connectivity index (χ1v) is 7.93. The van der Waals surface area contributed by atoms with Crippen molar-refractivity contribution in [3.05, 3.63) is 11.9 Å². The molecule has 1 atom stereocenters. The van der Waals surface area contributed by atoms with E-state index in [-0.39, 0.29) is 6.04 Å². The molecule has 0 aliphatic heterocycles. The molecule has 1 aromatic rings. The van der Waals surface area contributed by atoms with Crippen molar-refractivity contribution in [1.82, 2.24) is 9.97 Å². The van der Waals surface area contributed by atoms with Gasteiger partial charge < -0.3 is 15.2 Å². The van der Waals surface area contributed by atoms with Gasteiger partial charge in [-0.2, -0.15) is 4.98 Å². The van der Waals surface area contributed by atoms with Gasteiger partial charge in [0.15, 0.2) is 0 Å². The summed E-state index contributed by atoms with van der Waals surface area (Å²) in [5.74, 6) is 0.906. The summed E-state index contributed by atoms with van der Waals surface area (Å²) in [5.41, 5.74) is 6.91. The lowest BCUT2D eigenvalue weighted by atomic mass is 10.0. The first-order chi connectivity index (χ1) is 10.2. The topological polar surface area (TPSA) is 70.3 Å². The maximum atomic E-state index is 6.20. The Morgan fingerprint density at radius 1 is 1.05 bits per heavy atom. The summed E-state index contributed by atoms with van der Waals surface area (Å²) in [4.78, 5) is 8.54. The highest BCUT2D eigenvalue weighted by atomic mass is 16.5. The Morgan fingerprint density at radius 2 is 1.71 bits per heavy atom. The van der Waals surface area contributed by atoms with Crippen LogP contribution in [0, 0.1) is 0 Å². The third kappa shape index (κ3) is 6.29. The van der Waals surface area contributed by atoms with E-state index < -0.39 is 0 Å². The summed E-state index contributed by atoms with van der Waals surface area (Å²) < 4.78 is 10.3. The van der Waals surface area contributed by atoms with E-state index in [9.17, 15) is 0 Å². The molecule has 0 aliphatic rings. The van der Waals surface area contributed by atoms with Crippen LogP contribution in [0.1, 0.15) is 70.0 Å². The number of hydrogen-bond donors (Lipinski definition) is 1. The smallest absolute Gasteiger partial charge is 0.240 e. The van der Waals surface area contributed by atoms with Gasteiger partial charge in [0.25, 0.3) is 0 Å². The van der Waals surface area contributed by atoms with Gasteiger partial charge in [0.1, 0.15) is 5.69 Å². The fourth-order valence-electron chi connectivity index (χ4n) is 2.33. The van der Waals surface area contributed by atoms with E-state index in [4.69, 9.17) is 15.2 Å². The van der Waals surface area contributed by atoms with Gasteiger partial charge in [-0.05, 0) is 6.42 Å². The molecule has 2 N–H and O–H groups in total. The summed E-state index contributed by atoms with van der Waals surface area (Å²) in [6.45, 7) is 2.24. The van der Waals surface area contributed by atoms with Crippen LogP contribution in [0.2, 0.25) is 0 Å². The molecule has 5 nitrogen and oxygen atoms in total. The SMILES string of the molecule is CCCCCCCCCC(N)c1ncc(OC)nc1OC. The fraction of sp³-hybridized carbons (Fsp3) is 0.750. The lowest BCUT2D eigenvalue weighted by Crippen LogP contribution is -2.14. The highest BCUT2D eigenvalue weighted by Crippen LogP contribution is 2.25. The summed E-state index contributed by atoms with van der Waals surface area (Å²) in [6.07, 6.45) is 11.4. The van der Waals surface area contributed by atoms with Gasteiger partial charge in [-0.25, -0.2) is 4.98 Å². The van der Waals surface area contributed by atoms with Gasteiger partial charge in [-0.1, -0.05) is 51.9 Å². The Balaban J connectivity index is 2.36. The van der Waals surface area contributed by atoms with Crippen LogP contribution < -0.4 is 15.2 Å². The van der Waals surface area contributed by atoms with E-state index in [1.807, 2.05) is 0 Å². The van der Waals surface area contributed by atoms with E-state index in [1.54, 1.807) is 20.4 Å². The molecule has 0 aromatic carbocycles. The van der Waals surface area contributed by atoms with Crippen molar-refractivity contribution >= 4 is 0 Å². The number of rotatable bonds is 11. The Labute approximate surface area is 128 Å². The molecule has 120 valence electrons. The number of unbranched alkanes of at least 4 members (excludes halogenated alkanes) is 6.